The van der Waals surface area contributed by atoms with Crippen LogP contribution in [0.4, 0.5) is 5.69 Å². The molecule has 1 aromatic heterocycles. The molecule has 0 aromatic carbocycles. The first-order valence-corrected chi connectivity index (χ1v) is 6.26. The van der Waals surface area contributed by atoms with E-state index in [1.54, 1.807) is 6.07 Å². The summed E-state index contributed by atoms with van der Waals surface area (Å²) in [6.45, 7) is 1.87. The van der Waals surface area contributed by atoms with Gasteiger partial charge in [0.2, 0.25) is 5.91 Å². The van der Waals surface area contributed by atoms with Crippen LogP contribution in [0.1, 0.15) is 17.7 Å². The third-order valence-electron chi connectivity index (χ3n) is 2.42. The average molecular weight is 266 g/mol. The topological polar surface area (TPSA) is 70.4 Å². The van der Waals surface area contributed by atoms with Crippen molar-refractivity contribution in [2.45, 2.75) is 19.8 Å². The molecule has 1 amide bonds. The highest BCUT2D eigenvalue weighted by atomic mass is 32.1. The highest BCUT2D eigenvalue weighted by molar-refractivity contribution is 7.10. The molecule has 1 aromatic rings. The number of ether oxygens (including phenoxy) is 1. The van der Waals surface area contributed by atoms with Gasteiger partial charge >= 0.3 is 5.97 Å². The van der Waals surface area contributed by atoms with E-state index in [2.05, 4.69) is 4.74 Å². The van der Waals surface area contributed by atoms with Crippen LogP contribution >= 0.6 is 11.3 Å². The first-order valence-electron chi connectivity index (χ1n) is 5.38. The first kappa shape index (κ1) is 14.2. The second-order valence-corrected chi connectivity index (χ2v) is 4.70. The molecule has 5 nitrogen and oxygen atoms in total. The quantitative estimate of drug-likeness (QED) is 0.602. The molecule has 96 valence electrons. The number of carbonyl (C=O) groups excluding carboxylic acids is 2. The van der Waals surface area contributed by atoms with E-state index in [0.29, 0.717) is 0 Å². The largest absolute Gasteiger partial charge is 0.469 e. The first-order chi connectivity index (χ1) is 8.60. The third kappa shape index (κ3) is 3.57. The second kappa shape index (κ2) is 6.77. The van der Waals surface area contributed by atoms with Crippen molar-refractivity contribution < 1.29 is 14.3 Å². The van der Waals surface area contributed by atoms with E-state index in [9.17, 15) is 9.59 Å². The molecule has 0 fully saturated rings. The molecule has 0 aliphatic heterocycles. The van der Waals surface area contributed by atoms with Gasteiger partial charge in [0.05, 0.1) is 25.3 Å². The van der Waals surface area contributed by atoms with Gasteiger partial charge in [0.15, 0.2) is 0 Å². The van der Waals surface area contributed by atoms with Crippen molar-refractivity contribution in [3.8, 4) is 6.07 Å². The number of amides is 1. The van der Waals surface area contributed by atoms with E-state index in [4.69, 9.17) is 5.26 Å². The summed E-state index contributed by atoms with van der Waals surface area (Å²) >= 11 is 1.51. The number of methoxy groups -OCH3 is 1. The summed E-state index contributed by atoms with van der Waals surface area (Å²) in [7, 11) is 1.28. The molecule has 0 spiro atoms. The van der Waals surface area contributed by atoms with Gasteiger partial charge < -0.3 is 4.74 Å². The van der Waals surface area contributed by atoms with Gasteiger partial charge in [0.1, 0.15) is 6.54 Å². The van der Waals surface area contributed by atoms with Crippen LogP contribution in [-0.2, 0) is 14.3 Å². The zero-order valence-corrected chi connectivity index (χ0v) is 11.1. The van der Waals surface area contributed by atoms with Gasteiger partial charge in [-0.2, -0.15) is 5.26 Å². The molecular formula is C12H14N2O3S. The second-order valence-electron chi connectivity index (χ2n) is 3.58. The Morgan fingerprint density at radius 2 is 2.22 bits per heavy atom. The Hall–Kier alpha value is -1.87. The van der Waals surface area contributed by atoms with E-state index in [0.717, 1.165) is 10.6 Å². The predicted octanol–water partition coefficient (Wildman–Crippen LogP) is 1.87. The number of thiophene rings is 1. The smallest absolute Gasteiger partial charge is 0.306 e. The summed E-state index contributed by atoms with van der Waals surface area (Å²) in [4.78, 5) is 25.3. The number of hydrogen-bond acceptors (Lipinski definition) is 5. The minimum Gasteiger partial charge on any atom is -0.469 e. The van der Waals surface area contributed by atoms with E-state index in [-0.39, 0.29) is 25.3 Å². The van der Waals surface area contributed by atoms with Gasteiger partial charge in [-0.3, -0.25) is 14.5 Å². The normalized spacial score (nSPS) is 9.61. The fourth-order valence-corrected chi connectivity index (χ4v) is 2.18. The van der Waals surface area contributed by atoms with Crippen LogP contribution in [0.25, 0.3) is 0 Å². The number of anilines is 1. The summed E-state index contributed by atoms with van der Waals surface area (Å²) in [5.41, 5.74) is 0.733. The summed E-state index contributed by atoms with van der Waals surface area (Å²) in [6.07, 6.45) is 0.0735. The van der Waals surface area contributed by atoms with E-state index < -0.39 is 5.97 Å². The van der Waals surface area contributed by atoms with Crippen molar-refractivity contribution in [2.24, 2.45) is 0 Å². The van der Waals surface area contributed by atoms with Crippen molar-refractivity contribution in [3.63, 3.8) is 0 Å². The Labute approximate surface area is 110 Å². The highest BCUT2D eigenvalue weighted by Gasteiger charge is 2.18. The molecule has 18 heavy (non-hydrogen) atoms. The van der Waals surface area contributed by atoms with Gasteiger partial charge in [-0.15, -0.1) is 11.3 Å². The van der Waals surface area contributed by atoms with Gasteiger partial charge in [0, 0.05) is 11.3 Å². The number of aryl methyl sites for hydroxylation is 1. The zero-order valence-electron chi connectivity index (χ0n) is 10.3. The monoisotopic (exact) mass is 266 g/mol. The van der Waals surface area contributed by atoms with Crippen LogP contribution in [0.15, 0.2) is 11.4 Å². The maximum atomic E-state index is 12.0. The van der Waals surface area contributed by atoms with Crippen LogP contribution in [0.2, 0.25) is 0 Å². The minimum atomic E-state index is -0.428. The summed E-state index contributed by atoms with van der Waals surface area (Å²) < 4.78 is 4.48. The number of nitrogens with zero attached hydrogens (tertiary/aromatic N) is 2. The lowest BCUT2D eigenvalue weighted by Gasteiger charge is -2.19. The Morgan fingerprint density at radius 3 is 2.72 bits per heavy atom. The number of hydrogen-bond donors (Lipinski definition) is 0. The fourth-order valence-electron chi connectivity index (χ4n) is 1.48. The Bertz CT molecular complexity index is 476. The van der Waals surface area contributed by atoms with Gasteiger partial charge in [-0.25, -0.2) is 0 Å². The Balaban J connectivity index is 2.74. The molecule has 6 heteroatoms. The minimum absolute atomic E-state index is 0.0163. The van der Waals surface area contributed by atoms with Gasteiger partial charge in [-0.1, -0.05) is 0 Å². The Morgan fingerprint density at radius 1 is 1.50 bits per heavy atom. The van der Waals surface area contributed by atoms with Crippen molar-refractivity contribution in [3.05, 3.63) is 16.3 Å². The molecule has 0 bridgehead atoms. The highest BCUT2D eigenvalue weighted by Crippen LogP contribution is 2.25. The molecule has 0 unspecified atom stereocenters. The molecular weight excluding hydrogens is 252 g/mol. The van der Waals surface area contributed by atoms with Gasteiger partial charge in [-0.05, 0) is 18.4 Å². The van der Waals surface area contributed by atoms with Crippen LogP contribution < -0.4 is 4.90 Å². The van der Waals surface area contributed by atoms with E-state index in [1.807, 2.05) is 18.4 Å². The number of carbonyl (C=O) groups is 2. The lowest BCUT2D eigenvalue weighted by molar-refractivity contribution is -0.141. The predicted molar refractivity (Wildman–Crippen MR) is 68.3 cm³/mol. The molecule has 0 saturated carbocycles. The molecule has 1 heterocycles. The number of rotatable bonds is 5. The van der Waals surface area contributed by atoms with Crippen molar-refractivity contribution in [1.29, 1.82) is 5.26 Å². The van der Waals surface area contributed by atoms with Gasteiger partial charge in [0.25, 0.3) is 0 Å². The Kier molecular flexibility index (Phi) is 5.33. The molecule has 0 radical (unpaired) electrons. The SMILES string of the molecule is COC(=O)CCC(=O)N(CC#N)c1ccsc1C. The summed E-state index contributed by atoms with van der Waals surface area (Å²) in [5.74, 6) is -0.675. The maximum absolute atomic E-state index is 12.0. The van der Waals surface area contributed by atoms with Crippen LogP contribution in [0, 0.1) is 18.3 Å². The van der Waals surface area contributed by atoms with Crippen LogP contribution in [0.3, 0.4) is 0 Å². The maximum Gasteiger partial charge on any atom is 0.306 e. The lowest BCUT2D eigenvalue weighted by atomic mass is 10.2. The molecule has 0 N–H and O–H groups in total. The van der Waals surface area contributed by atoms with Crippen LogP contribution in [0.5, 0.6) is 0 Å². The van der Waals surface area contributed by atoms with Crippen LogP contribution in [-0.4, -0.2) is 25.5 Å². The summed E-state index contributed by atoms with van der Waals surface area (Å²) in [6, 6.07) is 3.76. The number of nitriles is 1. The van der Waals surface area contributed by atoms with Crippen molar-refractivity contribution >= 4 is 28.9 Å². The van der Waals surface area contributed by atoms with Crippen molar-refractivity contribution in [2.75, 3.05) is 18.6 Å². The zero-order chi connectivity index (χ0) is 13.5. The summed E-state index contributed by atoms with van der Waals surface area (Å²) in [5, 5.41) is 10.6. The van der Waals surface area contributed by atoms with E-state index in [1.165, 1.54) is 23.3 Å². The lowest BCUT2D eigenvalue weighted by Crippen LogP contribution is -2.31. The molecule has 0 aliphatic carbocycles. The fraction of sp³-hybridized carbons (Fsp3) is 0.417. The molecule has 0 saturated heterocycles. The molecule has 0 aliphatic rings. The van der Waals surface area contributed by atoms with Crippen molar-refractivity contribution in [1.82, 2.24) is 0 Å². The average Bonchev–Trinajstić information content (AvgIpc) is 2.78. The standard InChI is InChI=1S/C12H14N2O3S/c1-9-10(5-8-18-9)14(7-6-13)11(15)3-4-12(16)17-2/h5,8H,3-4,7H2,1-2H3. The molecule has 0 atom stereocenters. The third-order valence-corrected chi connectivity index (χ3v) is 3.26. The number of esters is 1. The molecule has 1 rings (SSSR count). The van der Waals surface area contributed by atoms with E-state index >= 15 is 0 Å².